The lowest BCUT2D eigenvalue weighted by molar-refractivity contribution is 0.853. The van der Waals surface area contributed by atoms with Gasteiger partial charge in [-0.2, -0.15) is 0 Å². The number of rotatable bonds is 3. The summed E-state index contributed by atoms with van der Waals surface area (Å²) in [4.78, 5) is 7.26. The first-order valence-electron chi connectivity index (χ1n) is 3.45. The third kappa shape index (κ3) is 1.74. The first-order chi connectivity index (χ1) is 4.86. The second kappa shape index (κ2) is 3.62. The standard InChI is InChI=1S/C7H11ClN2/c1-2-3-7-9-5-6(4-8)10-7/h5H,2-4H2,1H3,(H,9,10). The van der Waals surface area contributed by atoms with Gasteiger partial charge in [-0.1, -0.05) is 6.92 Å². The monoisotopic (exact) mass is 158 g/mol. The van der Waals surface area contributed by atoms with E-state index in [1.165, 1.54) is 0 Å². The van der Waals surface area contributed by atoms with Crippen molar-refractivity contribution in [3.05, 3.63) is 17.7 Å². The number of nitrogens with one attached hydrogen (secondary N) is 1. The lowest BCUT2D eigenvalue weighted by Crippen LogP contribution is -1.85. The molecule has 0 amide bonds. The van der Waals surface area contributed by atoms with Crippen LogP contribution in [0.25, 0.3) is 0 Å². The van der Waals surface area contributed by atoms with Crippen molar-refractivity contribution < 1.29 is 0 Å². The van der Waals surface area contributed by atoms with Gasteiger partial charge in [-0.15, -0.1) is 11.6 Å². The molecule has 0 fully saturated rings. The molecule has 0 saturated heterocycles. The molecule has 10 heavy (non-hydrogen) atoms. The number of aromatic amines is 1. The largest absolute Gasteiger partial charge is 0.345 e. The first kappa shape index (κ1) is 7.61. The molecule has 0 saturated carbocycles. The Kier molecular flexibility index (Phi) is 2.75. The number of nitrogens with zero attached hydrogens (tertiary/aromatic N) is 1. The van der Waals surface area contributed by atoms with Gasteiger partial charge in [0.05, 0.1) is 5.88 Å². The Hall–Kier alpha value is -0.500. The Morgan fingerprint density at radius 1 is 1.70 bits per heavy atom. The number of alkyl halides is 1. The summed E-state index contributed by atoms with van der Waals surface area (Å²) in [6.45, 7) is 2.13. The Labute approximate surface area is 65.6 Å². The maximum Gasteiger partial charge on any atom is 0.106 e. The molecule has 0 atom stereocenters. The van der Waals surface area contributed by atoms with Crippen LogP contribution in [0.2, 0.25) is 0 Å². The minimum absolute atomic E-state index is 0.525. The van der Waals surface area contributed by atoms with Crippen LogP contribution in [0.4, 0.5) is 0 Å². The molecule has 0 aliphatic rings. The highest BCUT2D eigenvalue weighted by Crippen LogP contribution is 2.01. The molecule has 1 rings (SSSR count). The summed E-state index contributed by atoms with van der Waals surface area (Å²) in [5.41, 5.74) is 1.00. The number of halogens is 1. The Bertz CT molecular complexity index is 195. The average molecular weight is 159 g/mol. The lowest BCUT2D eigenvalue weighted by Gasteiger charge is -1.88. The van der Waals surface area contributed by atoms with E-state index in [-0.39, 0.29) is 0 Å². The van der Waals surface area contributed by atoms with Crippen molar-refractivity contribution >= 4 is 11.6 Å². The average Bonchev–Trinajstić information content (AvgIpc) is 2.37. The Balaban J connectivity index is 2.59. The molecule has 56 valence electrons. The van der Waals surface area contributed by atoms with Gasteiger partial charge in [0.1, 0.15) is 5.82 Å². The van der Waals surface area contributed by atoms with E-state index in [2.05, 4.69) is 16.9 Å². The molecule has 2 nitrogen and oxygen atoms in total. The Morgan fingerprint density at radius 2 is 2.50 bits per heavy atom. The molecule has 0 bridgehead atoms. The van der Waals surface area contributed by atoms with E-state index in [0.717, 1.165) is 24.4 Å². The number of hydrogen-bond acceptors (Lipinski definition) is 1. The van der Waals surface area contributed by atoms with Gasteiger partial charge in [-0.25, -0.2) is 4.98 Å². The van der Waals surface area contributed by atoms with E-state index in [0.29, 0.717) is 5.88 Å². The third-order valence-corrected chi connectivity index (χ3v) is 1.60. The van der Waals surface area contributed by atoms with Crippen molar-refractivity contribution in [3.8, 4) is 0 Å². The second-order valence-electron chi connectivity index (χ2n) is 2.24. The zero-order valence-electron chi connectivity index (χ0n) is 6.02. The molecular formula is C7H11ClN2. The van der Waals surface area contributed by atoms with E-state index >= 15 is 0 Å². The quantitative estimate of drug-likeness (QED) is 0.671. The predicted octanol–water partition coefficient (Wildman–Crippen LogP) is 2.10. The van der Waals surface area contributed by atoms with Crippen molar-refractivity contribution in [2.45, 2.75) is 25.6 Å². The number of imidazole rings is 1. The summed E-state index contributed by atoms with van der Waals surface area (Å²) in [5, 5.41) is 0. The van der Waals surface area contributed by atoms with Crippen LogP contribution in [0.5, 0.6) is 0 Å². The summed E-state index contributed by atoms with van der Waals surface area (Å²) in [7, 11) is 0. The van der Waals surface area contributed by atoms with E-state index < -0.39 is 0 Å². The van der Waals surface area contributed by atoms with Crippen molar-refractivity contribution in [2.75, 3.05) is 0 Å². The molecule has 1 N–H and O–H groups in total. The summed E-state index contributed by atoms with van der Waals surface area (Å²) < 4.78 is 0. The molecule has 1 aromatic heterocycles. The van der Waals surface area contributed by atoms with Crippen molar-refractivity contribution in [3.63, 3.8) is 0 Å². The van der Waals surface area contributed by atoms with Crippen LogP contribution in [0.15, 0.2) is 6.20 Å². The second-order valence-corrected chi connectivity index (χ2v) is 2.51. The third-order valence-electron chi connectivity index (χ3n) is 1.31. The highest BCUT2D eigenvalue weighted by atomic mass is 35.5. The predicted molar refractivity (Wildman–Crippen MR) is 42.1 cm³/mol. The maximum absolute atomic E-state index is 5.57. The highest BCUT2D eigenvalue weighted by molar-refractivity contribution is 6.16. The van der Waals surface area contributed by atoms with Gasteiger partial charge in [0, 0.05) is 18.3 Å². The van der Waals surface area contributed by atoms with Crippen LogP contribution in [0.1, 0.15) is 24.9 Å². The topological polar surface area (TPSA) is 28.7 Å². The molecule has 0 aliphatic carbocycles. The fraction of sp³-hybridized carbons (Fsp3) is 0.571. The van der Waals surface area contributed by atoms with Gasteiger partial charge in [0.15, 0.2) is 0 Å². The summed E-state index contributed by atoms with van der Waals surface area (Å²) >= 11 is 5.57. The van der Waals surface area contributed by atoms with Gasteiger partial charge in [0.2, 0.25) is 0 Å². The highest BCUT2D eigenvalue weighted by Gasteiger charge is 1.96. The van der Waals surface area contributed by atoms with Gasteiger partial charge < -0.3 is 4.98 Å². The van der Waals surface area contributed by atoms with Gasteiger partial charge in [-0.3, -0.25) is 0 Å². The number of aromatic nitrogens is 2. The summed E-state index contributed by atoms with van der Waals surface area (Å²) in [5.74, 6) is 1.56. The smallest absolute Gasteiger partial charge is 0.106 e. The van der Waals surface area contributed by atoms with E-state index in [4.69, 9.17) is 11.6 Å². The minimum Gasteiger partial charge on any atom is -0.345 e. The molecule has 3 heteroatoms. The number of H-pyrrole nitrogens is 1. The maximum atomic E-state index is 5.57. The van der Waals surface area contributed by atoms with E-state index in [1.807, 2.05) is 0 Å². The zero-order chi connectivity index (χ0) is 7.40. The Morgan fingerprint density at radius 3 is 3.00 bits per heavy atom. The number of hydrogen-bond donors (Lipinski definition) is 1. The fourth-order valence-corrected chi connectivity index (χ4v) is 0.973. The van der Waals surface area contributed by atoms with Gasteiger partial charge in [0.25, 0.3) is 0 Å². The molecule has 0 unspecified atom stereocenters. The lowest BCUT2D eigenvalue weighted by atomic mass is 10.3. The van der Waals surface area contributed by atoms with Gasteiger partial charge >= 0.3 is 0 Å². The molecule has 0 spiro atoms. The molecule has 1 aromatic rings. The zero-order valence-corrected chi connectivity index (χ0v) is 6.78. The van der Waals surface area contributed by atoms with Gasteiger partial charge in [-0.05, 0) is 6.42 Å². The van der Waals surface area contributed by atoms with Crippen molar-refractivity contribution in [1.82, 2.24) is 9.97 Å². The molecule has 1 heterocycles. The molecule has 0 aliphatic heterocycles. The van der Waals surface area contributed by atoms with Crippen LogP contribution in [0.3, 0.4) is 0 Å². The van der Waals surface area contributed by atoms with Crippen molar-refractivity contribution in [1.29, 1.82) is 0 Å². The van der Waals surface area contributed by atoms with Crippen LogP contribution >= 0.6 is 11.6 Å². The van der Waals surface area contributed by atoms with E-state index in [9.17, 15) is 0 Å². The van der Waals surface area contributed by atoms with Crippen molar-refractivity contribution in [2.24, 2.45) is 0 Å². The number of aryl methyl sites for hydroxylation is 1. The SMILES string of the molecule is CCCc1ncc(CCl)[nH]1. The van der Waals surface area contributed by atoms with Crippen LogP contribution in [-0.2, 0) is 12.3 Å². The van der Waals surface area contributed by atoms with Crippen LogP contribution in [0, 0.1) is 0 Å². The van der Waals surface area contributed by atoms with Crippen LogP contribution < -0.4 is 0 Å². The normalized spacial score (nSPS) is 10.2. The molecular weight excluding hydrogens is 148 g/mol. The fourth-order valence-electron chi connectivity index (χ4n) is 0.837. The molecule has 0 aromatic carbocycles. The summed E-state index contributed by atoms with van der Waals surface area (Å²) in [6.07, 6.45) is 3.92. The summed E-state index contributed by atoms with van der Waals surface area (Å²) in [6, 6.07) is 0. The minimum atomic E-state index is 0.525. The van der Waals surface area contributed by atoms with E-state index in [1.54, 1.807) is 6.20 Å². The first-order valence-corrected chi connectivity index (χ1v) is 3.99. The molecule has 0 radical (unpaired) electrons. The van der Waals surface area contributed by atoms with Crippen LogP contribution in [-0.4, -0.2) is 9.97 Å².